The molecule has 0 amide bonds. The van der Waals surface area contributed by atoms with Crippen LogP contribution in [0, 0.1) is 0 Å². The van der Waals surface area contributed by atoms with E-state index in [4.69, 9.17) is 4.55 Å². The van der Waals surface area contributed by atoms with E-state index in [1.165, 1.54) is 0 Å². The molecule has 1 fully saturated rings. The SMILES string of the molecule is CCC(NC1CCCC1)S(=O)(=O)O. The van der Waals surface area contributed by atoms with Gasteiger partial charge in [0.2, 0.25) is 0 Å². The molecular weight excluding hydrogens is 190 g/mol. The third kappa shape index (κ3) is 3.25. The molecule has 0 aromatic heterocycles. The lowest BCUT2D eigenvalue weighted by Gasteiger charge is -2.18. The molecule has 0 bridgehead atoms. The van der Waals surface area contributed by atoms with Crippen molar-refractivity contribution in [2.24, 2.45) is 0 Å². The van der Waals surface area contributed by atoms with Crippen LogP contribution >= 0.6 is 0 Å². The number of hydrogen-bond donors (Lipinski definition) is 2. The second-order valence-corrected chi connectivity index (χ2v) is 5.16. The summed E-state index contributed by atoms with van der Waals surface area (Å²) in [6.07, 6.45) is 4.76. The highest BCUT2D eigenvalue weighted by Crippen LogP contribution is 2.19. The van der Waals surface area contributed by atoms with Crippen LogP contribution < -0.4 is 5.32 Å². The van der Waals surface area contributed by atoms with E-state index in [-0.39, 0.29) is 6.04 Å². The predicted octanol–water partition coefficient (Wildman–Crippen LogP) is 1.14. The van der Waals surface area contributed by atoms with E-state index >= 15 is 0 Å². The Labute approximate surface area is 79.5 Å². The average Bonchev–Trinajstić information content (AvgIpc) is 2.49. The smallest absolute Gasteiger partial charge is 0.281 e. The van der Waals surface area contributed by atoms with Gasteiger partial charge >= 0.3 is 0 Å². The molecule has 5 heteroatoms. The quantitative estimate of drug-likeness (QED) is 0.678. The molecule has 1 aliphatic carbocycles. The summed E-state index contributed by atoms with van der Waals surface area (Å²) in [6.45, 7) is 1.75. The molecule has 4 nitrogen and oxygen atoms in total. The van der Waals surface area contributed by atoms with Crippen molar-refractivity contribution >= 4 is 10.1 Å². The monoisotopic (exact) mass is 207 g/mol. The summed E-state index contributed by atoms with van der Waals surface area (Å²) >= 11 is 0. The first-order chi connectivity index (χ1) is 6.04. The molecule has 0 aromatic rings. The summed E-state index contributed by atoms with van der Waals surface area (Å²) in [4.78, 5) is 0. The van der Waals surface area contributed by atoms with Gasteiger partial charge in [0.15, 0.2) is 0 Å². The summed E-state index contributed by atoms with van der Waals surface area (Å²) in [5.74, 6) is 0. The summed E-state index contributed by atoms with van der Waals surface area (Å²) in [5.41, 5.74) is 0. The fourth-order valence-corrected chi connectivity index (χ4v) is 2.56. The Kier molecular flexibility index (Phi) is 3.70. The van der Waals surface area contributed by atoms with E-state index in [0.717, 1.165) is 25.7 Å². The van der Waals surface area contributed by atoms with Gasteiger partial charge in [-0.2, -0.15) is 8.42 Å². The van der Waals surface area contributed by atoms with Gasteiger partial charge in [0.25, 0.3) is 10.1 Å². The van der Waals surface area contributed by atoms with Crippen LogP contribution in [0.2, 0.25) is 0 Å². The van der Waals surface area contributed by atoms with Crippen LogP contribution in [0.4, 0.5) is 0 Å². The van der Waals surface area contributed by atoms with Crippen molar-refractivity contribution in [3.8, 4) is 0 Å². The fourth-order valence-electron chi connectivity index (χ4n) is 1.77. The molecule has 78 valence electrons. The lowest BCUT2D eigenvalue weighted by molar-refractivity contribution is 0.419. The predicted molar refractivity (Wildman–Crippen MR) is 51.0 cm³/mol. The maximum absolute atomic E-state index is 10.8. The van der Waals surface area contributed by atoms with Crippen LogP contribution in [-0.4, -0.2) is 24.4 Å². The highest BCUT2D eigenvalue weighted by Gasteiger charge is 2.25. The van der Waals surface area contributed by atoms with Crippen LogP contribution in [0.15, 0.2) is 0 Å². The molecule has 0 aromatic carbocycles. The van der Waals surface area contributed by atoms with Gasteiger partial charge in [-0.3, -0.25) is 9.87 Å². The lowest BCUT2D eigenvalue weighted by Crippen LogP contribution is -2.41. The molecule has 2 N–H and O–H groups in total. The highest BCUT2D eigenvalue weighted by atomic mass is 32.2. The van der Waals surface area contributed by atoms with Crippen LogP contribution in [0.5, 0.6) is 0 Å². The third-order valence-corrected chi connectivity index (χ3v) is 3.70. The number of rotatable bonds is 4. The van der Waals surface area contributed by atoms with E-state index in [1.807, 2.05) is 0 Å². The molecule has 1 unspecified atom stereocenters. The Hall–Kier alpha value is -0.130. The van der Waals surface area contributed by atoms with E-state index in [9.17, 15) is 8.42 Å². The van der Waals surface area contributed by atoms with Crippen molar-refractivity contribution in [2.75, 3.05) is 0 Å². The second kappa shape index (κ2) is 4.39. The normalized spacial score (nSPS) is 22.0. The van der Waals surface area contributed by atoms with Gasteiger partial charge in [0.05, 0.1) is 0 Å². The highest BCUT2D eigenvalue weighted by molar-refractivity contribution is 7.86. The van der Waals surface area contributed by atoms with Gasteiger partial charge in [-0.25, -0.2) is 0 Å². The molecular formula is C8H17NO3S. The van der Waals surface area contributed by atoms with Crippen molar-refractivity contribution in [1.29, 1.82) is 0 Å². The number of nitrogens with one attached hydrogen (secondary N) is 1. The molecule has 0 aliphatic heterocycles. The lowest BCUT2D eigenvalue weighted by atomic mass is 10.2. The Bertz CT molecular complexity index is 244. The summed E-state index contributed by atoms with van der Waals surface area (Å²) in [6, 6.07) is 0.270. The largest absolute Gasteiger partial charge is 0.296 e. The zero-order valence-electron chi connectivity index (χ0n) is 7.86. The summed E-state index contributed by atoms with van der Waals surface area (Å²) < 4.78 is 30.5. The van der Waals surface area contributed by atoms with E-state index < -0.39 is 15.5 Å². The zero-order chi connectivity index (χ0) is 9.90. The van der Waals surface area contributed by atoms with Gasteiger partial charge in [0.1, 0.15) is 5.37 Å². The standard InChI is InChI=1S/C8H17NO3S/c1-2-8(13(10,11)12)9-7-5-3-4-6-7/h7-9H,2-6H2,1H3,(H,10,11,12). The minimum atomic E-state index is -3.91. The molecule has 0 radical (unpaired) electrons. The van der Waals surface area contributed by atoms with E-state index in [2.05, 4.69) is 5.32 Å². The summed E-state index contributed by atoms with van der Waals surface area (Å²) in [5, 5.41) is 2.19. The fraction of sp³-hybridized carbons (Fsp3) is 1.00. The maximum atomic E-state index is 10.8. The van der Waals surface area contributed by atoms with Crippen molar-refractivity contribution < 1.29 is 13.0 Å². The van der Waals surface area contributed by atoms with Crippen molar-refractivity contribution in [2.45, 2.75) is 50.4 Å². The first-order valence-electron chi connectivity index (χ1n) is 4.76. The Balaban J connectivity index is 2.48. The van der Waals surface area contributed by atoms with Crippen LogP contribution in [0.25, 0.3) is 0 Å². The molecule has 13 heavy (non-hydrogen) atoms. The van der Waals surface area contributed by atoms with E-state index in [1.54, 1.807) is 6.92 Å². The average molecular weight is 207 g/mol. The molecule has 1 saturated carbocycles. The van der Waals surface area contributed by atoms with Crippen LogP contribution in [0.1, 0.15) is 39.0 Å². The molecule has 1 rings (SSSR count). The maximum Gasteiger partial charge on any atom is 0.281 e. The van der Waals surface area contributed by atoms with Crippen LogP contribution in [0.3, 0.4) is 0 Å². The van der Waals surface area contributed by atoms with Gasteiger partial charge in [0, 0.05) is 6.04 Å². The molecule has 1 atom stereocenters. The summed E-state index contributed by atoms with van der Waals surface area (Å²) in [7, 11) is -3.91. The minimum absolute atomic E-state index is 0.270. The first-order valence-corrected chi connectivity index (χ1v) is 6.26. The van der Waals surface area contributed by atoms with Gasteiger partial charge in [-0.05, 0) is 19.3 Å². The van der Waals surface area contributed by atoms with Crippen molar-refractivity contribution in [3.63, 3.8) is 0 Å². The second-order valence-electron chi connectivity index (χ2n) is 3.56. The van der Waals surface area contributed by atoms with Crippen molar-refractivity contribution in [3.05, 3.63) is 0 Å². The van der Waals surface area contributed by atoms with E-state index in [0.29, 0.717) is 6.42 Å². The Morgan fingerprint density at radius 1 is 1.46 bits per heavy atom. The van der Waals surface area contributed by atoms with Crippen LogP contribution in [-0.2, 0) is 10.1 Å². The van der Waals surface area contributed by atoms with Gasteiger partial charge in [-0.15, -0.1) is 0 Å². The minimum Gasteiger partial charge on any atom is -0.296 e. The first kappa shape index (κ1) is 10.9. The Morgan fingerprint density at radius 2 is 2.00 bits per heavy atom. The molecule has 0 heterocycles. The van der Waals surface area contributed by atoms with Gasteiger partial charge in [-0.1, -0.05) is 19.8 Å². The molecule has 0 spiro atoms. The third-order valence-electron chi connectivity index (χ3n) is 2.51. The Morgan fingerprint density at radius 3 is 2.38 bits per heavy atom. The van der Waals surface area contributed by atoms with Gasteiger partial charge < -0.3 is 0 Å². The molecule has 1 aliphatic rings. The van der Waals surface area contributed by atoms with Crippen molar-refractivity contribution in [1.82, 2.24) is 5.32 Å². The molecule has 0 saturated heterocycles. The zero-order valence-corrected chi connectivity index (χ0v) is 8.68. The number of hydrogen-bond acceptors (Lipinski definition) is 3. The topological polar surface area (TPSA) is 66.4 Å².